The summed E-state index contributed by atoms with van der Waals surface area (Å²) in [6.45, 7) is 8.96. The van der Waals surface area contributed by atoms with E-state index < -0.39 is 72.6 Å². The van der Waals surface area contributed by atoms with E-state index >= 15 is 0 Å². The number of halogens is 6. The van der Waals surface area contributed by atoms with E-state index in [0.717, 1.165) is 7.11 Å². The third kappa shape index (κ3) is 19.1. The Morgan fingerprint density at radius 2 is 1.03 bits per heavy atom. The molecule has 35 heavy (non-hydrogen) atoms. The van der Waals surface area contributed by atoms with E-state index in [1.165, 1.54) is 46.9 Å². The first-order chi connectivity index (χ1) is 15.4. The average Bonchev–Trinajstić information content (AvgIpc) is 2.55. The first-order valence-corrected chi connectivity index (χ1v) is 9.78. The summed E-state index contributed by atoms with van der Waals surface area (Å²) in [7, 11) is 0.962. The molecule has 10 nitrogen and oxygen atoms in total. The first kappa shape index (κ1) is 34.2. The monoisotopic (exact) mass is 528 g/mol. The molecule has 0 fully saturated rings. The maximum atomic E-state index is 12.5. The zero-order valence-corrected chi connectivity index (χ0v) is 20.1. The van der Waals surface area contributed by atoms with Crippen LogP contribution in [0, 0.1) is 0 Å². The van der Waals surface area contributed by atoms with Crippen LogP contribution in [0.5, 0.6) is 0 Å². The van der Waals surface area contributed by atoms with E-state index in [4.69, 9.17) is 5.11 Å². The Kier molecular flexibility index (Phi) is 12.9. The number of amides is 2. The number of rotatable bonds is 6. The van der Waals surface area contributed by atoms with Crippen molar-refractivity contribution in [1.82, 2.24) is 10.6 Å². The normalized spacial score (nSPS) is 13.9. The molecule has 0 saturated heterocycles. The molecule has 0 rings (SSSR count). The van der Waals surface area contributed by atoms with Gasteiger partial charge in [-0.2, -0.15) is 26.3 Å². The third-order valence-electron chi connectivity index (χ3n) is 3.15. The van der Waals surface area contributed by atoms with Crippen LogP contribution in [0.25, 0.3) is 0 Å². The summed E-state index contributed by atoms with van der Waals surface area (Å²) < 4.78 is 88.0. The van der Waals surface area contributed by atoms with Gasteiger partial charge in [-0.3, -0.25) is 9.59 Å². The van der Waals surface area contributed by atoms with Crippen molar-refractivity contribution in [2.75, 3.05) is 7.11 Å². The van der Waals surface area contributed by atoms with Gasteiger partial charge >= 0.3 is 36.5 Å². The average molecular weight is 528 g/mol. The number of alkyl carbamates (subject to hydrolysis) is 2. The lowest BCUT2D eigenvalue weighted by atomic mass is 10.2. The molecular formula is C19H30F6N2O8. The van der Waals surface area contributed by atoms with E-state index in [9.17, 15) is 45.5 Å². The van der Waals surface area contributed by atoms with Crippen molar-refractivity contribution < 1.29 is 64.8 Å². The smallest absolute Gasteiger partial charge is 0.409 e. The Morgan fingerprint density at radius 3 is 1.26 bits per heavy atom. The van der Waals surface area contributed by atoms with Crippen LogP contribution in [0.3, 0.4) is 0 Å². The lowest BCUT2D eigenvalue weighted by Gasteiger charge is -2.24. The minimum absolute atomic E-state index is 0.925. The number of carbonyl (C=O) groups is 4. The van der Waals surface area contributed by atoms with Gasteiger partial charge in [0.15, 0.2) is 0 Å². The van der Waals surface area contributed by atoms with Crippen molar-refractivity contribution in [3.05, 3.63) is 0 Å². The number of hydrogen-bond acceptors (Lipinski definition) is 7. The predicted molar refractivity (Wildman–Crippen MR) is 107 cm³/mol. The summed E-state index contributed by atoms with van der Waals surface area (Å²) >= 11 is 0. The molecule has 16 heteroatoms. The van der Waals surface area contributed by atoms with Crippen LogP contribution in [-0.4, -0.2) is 72.0 Å². The molecule has 0 saturated carbocycles. The van der Waals surface area contributed by atoms with E-state index in [2.05, 4.69) is 14.2 Å². The van der Waals surface area contributed by atoms with E-state index in [1.54, 1.807) is 5.32 Å². The lowest BCUT2D eigenvalue weighted by molar-refractivity contribution is -0.167. The summed E-state index contributed by atoms with van der Waals surface area (Å²) in [6.07, 6.45) is -14.4. The number of carbonyl (C=O) groups excluding carboxylic acids is 3. The fourth-order valence-electron chi connectivity index (χ4n) is 1.82. The summed E-state index contributed by atoms with van der Waals surface area (Å²) in [5, 5.41) is 11.4. The molecule has 0 aromatic heterocycles. The van der Waals surface area contributed by atoms with Gasteiger partial charge in [-0.05, 0) is 41.5 Å². The number of nitrogens with one attached hydrogen (secondary N) is 2. The molecule has 206 valence electrons. The van der Waals surface area contributed by atoms with Gasteiger partial charge in [0, 0.05) is 0 Å². The standard InChI is InChI=1S/C10H16F3NO4.C9H14F3NO4/c1-9(2,3)18-8(16)14-6(10(11,12)13)5-7(15)17-4;1-8(2,3)17-7(16)13-5(4-6(14)15)9(10,11)12/h6H,5H2,1-4H3,(H,14,16);5H,4H2,1-3H3,(H,13,16)(H,14,15). The zero-order chi connectivity index (χ0) is 28.4. The molecule has 0 aromatic rings. The van der Waals surface area contributed by atoms with Crippen molar-refractivity contribution in [3.63, 3.8) is 0 Å². The van der Waals surface area contributed by atoms with Gasteiger partial charge < -0.3 is 30.0 Å². The number of alkyl halides is 6. The molecule has 3 N–H and O–H groups in total. The molecule has 2 amide bonds. The zero-order valence-electron chi connectivity index (χ0n) is 20.1. The second-order valence-electron chi connectivity index (χ2n) is 8.86. The Bertz CT molecular complexity index is 727. The number of ether oxygens (including phenoxy) is 3. The molecule has 0 spiro atoms. The fraction of sp³-hybridized carbons (Fsp3) is 0.789. The Balaban J connectivity index is 0. The minimum Gasteiger partial charge on any atom is -0.481 e. The summed E-state index contributed by atoms with van der Waals surface area (Å²) in [4.78, 5) is 43.3. The minimum atomic E-state index is -4.84. The number of esters is 1. The van der Waals surface area contributed by atoms with Crippen LogP contribution in [0.15, 0.2) is 0 Å². The van der Waals surface area contributed by atoms with Crippen LogP contribution in [0.4, 0.5) is 35.9 Å². The molecule has 2 atom stereocenters. The maximum absolute atomic E-state index is 12.5. The van der Waals surface area contributed by atoms with Crippen molar-refractivity contribution in [2.24, 2.45) is 0 Å². The highest BCUT2D eigenvalue weighted by Crippen LogP contribution is 2.24. The molecule has 2 unspecified atom stereocenters. The Labute approximate surface area is 197 Å². The first-order valence-electron chi connectivity index (χ1n) is 9.78. The SMILES string of the molecule is CC(C)(C)OC(=O)NC(CC(=O)O)C(F)(F)F.COC(=O)CC(NC(=O)OC(C)(C)C)C(F)(F)F. The molecule has 0 aliphatic rings. The van der Waals surface area contributed by atoms with Crippen LogP contribution < -0.4 is 10.6 Å². The van der Waals surface area contributed by atoms with Crippen LogP contribution in [-0.2, 0) is 23.8 Å². The quantitative estimate of drug-likeness (QED) is 0.268. The largest absolute Gasteiger partial charge is 0.481 e. The van der Waals surface area contributed by atoms with Crippen molar-refractivity contribution in [1.29, 1.82) is 0 Å². The van der Waals surface area contributed by atoms with Crippen molar-refractivity contribution >= 4 is 24.1 Å². The number of aliphatic carboxylic acids is 1. The third-order valence-corrected chi connectivity index (χ3v) is 3.15. The van der Waals surface area contributed by atoms with E-state index in [0.29, 0.717) is 0 Å². The van der Waals surface area contributed by atoms with Gasteiger partial charge in [0.05, 0.1) is 20.0 Å². The predicted octanol–water partition coefficient (Wildman–Crippen LogP) is 3.92. The van der Waals surface area contributed by atoms with Gasteiger partial charge in [0.1, 0.15) is 23.3 Å². The van der Waals surface area contributed by atoms with Crippen LogP contribution in [0.1, 0.15) is 54.4 Å². The molecule has 0 heterocycles. The topological polar surface area (TPSA) is 140 Å². The van der Waals surface area contributed by atoms with E-state index in [1.807, 2.05) is 0 Å². The van der Waals surface area contributed by atoms with Crippen molar-refractivity contribution in [2.45, 2.75) is 90.0 Å². The molecule has 0 aromatic carbocycles. The lowest BCUT2D eigenvalue weighted by Crippen LogP contribution is -2.48. The summed E-state index contributed by atoms with van der Waals surface area (Å²) in [6, 6.07) is -4.80. The molecule has 0 aliphatic heterocycles. The second kappa shape index (κ2) is 13.2. The molecule has 0 aliphatic carbocycles. The number of hydrogen-bond donors (Lipinski definition) is 3. The van der Waals surface area contributed by atoms with Crippen LogP contribution in [0.2, 0.25) is 0 Å². The molecule has 0 bridgehead atoms. The maximum Gasteiger partial charge on any atom is 0.409 e. The van der Waals surface area contributed by atoms with Gasteiger partial charge in [-0.15, -0.1) is 0 Å². The van der Waals surface area contributed by atoms with Crippen molar-refractivity contribution in [3.8, 4) is 0 Å². The van der Waals surface area contributed by atoms with Gasteiger partial charge in [0.25, 0.3) is 0 Å². The highest BCUT2D eigenvalue weighted by Gasteiger charge is 2.43. The molecular weight excluding hydrogens is 498 g/mol. The van der Waals surface area contributed by atoms with Crippen LogP contribution >= 0.6 is 0 Å². The van der Waals surface area contributed by atoms with Gasteiger partial charge in [-0.1, -0.05) is 0 Å². The summed E-state index contributed by atoms with van der Waals surface area (Å²) in [5.74, 6) is -2.74. The number of carboxylic acid groups (broad SMARTS) is 1. The van der Waals surface area contributed by atoms with Gasteiger partial charge in [0.2, 0.25) is 0 Å². The highest BCUT2D eigenvalue weighted by atomic mass is 19.4. The van der Waals surface area contributed by atoms with Gasteiger partial charge in [-0.25, -0.2) is 9.59 Å². The summed E-state index contributed by atoms with van der Waals surface area (Å²) in [5.41, 5.74) is -1.88. The fourth-order valence-corrected chi connectivity index (χ4v) is 1.82. The second-order valence-corrected chi connectivity index (χ2v) is 8.86. The Hall–Kier alpha value is -2.94. The number of methoxy groups -OCH3 is 1. The molecule has 0 radical (unpaired) electrons. The Morgan fingerprint density at radius 1 is 0.714 bits per heavy atom. The van der Waals surface area contributed by atoms with E-state index in [-0.39, 0.29) is 0 Å². The number of carboxylic acids is 1. The highest BCUT2D eigenvalue weighted by molar-refractivity contribution is 5.73.